The van der Waals surface area contributed by atoms with Gasteiger partial charge in [-0.1, -0.05) is 0 Å². The van der Waals surface area contributed by atoms with Crippen molar-refractivity contribution in [2.24, 2.45) is 11.7 Å². The fraction of sp³-hybridized carbons (Fsp3) is 0.353. The molecular weight excluding hydrogens is 325 g/mol. The standard InChI is InChI=1S/C17H20FN5O2/c1-20-10-15-21-6-8-22(15)11-4-5-14(13(18)9-11)23-7-2-3-12(16(19)24)17(23)25/h4-6,8-9,12,20H,2-3,7,10H2,1H3,(H2,19,24). The van der Waals surface area contributed by atoms with Crippen LogP contribution in [0.4, 0.5) is 10.1 Å². The molecule has 0 aliphatic carbocycles. The minimum atomic E-state index is -0.885. The van der Waals surface area contributed by atoms with E-state index in [0.717, 1.165) is 5.82 Å². The van der Waals surface area contributed by atoms with Gasteiger partial charge >= 0.3 is 0 Å². The Balaban J connectivity index is 1.91. The predicted molar refractivity (Wildman–Crippen MR) is 90.6 cm³/mol. The molecule has 1 saturated heterocycles. The molecule has 0 radical (unpaired) electrons. The first kappa shape index (κ1) is 17.1. The molecule has 8 heteroatoms. The molecule has 7 nitrogen and oxygen atoms in total. The Bertz CT molecular complexity index is 804. The molecule has 1 aliphatic rings. The van der Waals surface area contributed by atoms with Crippen LogP contribution in [-0.2, 0) is 16.1 Å². The number of nitrogens with zero attached hydrogens (tertiary/aromatic N) is 3. The molecule has 1 unspecified atom stereocenters. The molecule has 25 heavy (non-hydrogen) atoms. The molecule has 1 aromatic heterocycles. The van der Waals surface area contributed by atoms with Gasteiger partial charge in [0.25, 0.3) is 0 Å². The fourth-order valence-corrected chi connectivity index (χ4v) is 3.10. The maximum atomic E-state index is 14.7. The van der Waals surface area contributed by atoms with Gasteiger partial charge in [0, 0.05) is 30.7 Å². The van der Waals surface area contributed by atoms with Crippen molar-refractivity contribution in [2.75, 3.05) is 18.5 Å². The molecule has 2 aromatic rings. The number of piperidine rings is 1. The van der Waals surface area contributed by atoms with Gasteiger partial charge < -0.3 is 20.5 Å². The third-order valence-corrected chi connectivity index (χ3v) is 4.33. The number of nitrogens with two attached hydrogens (primary N) is 1. The molecule has 132 valence electrons. The van der Waals surface area contributed by atoms with Crippen molar-refractivity contribution in [3.05, 3.63) is 42.2 Å². The number of primary amides is 1. The highest BCUT2D eigenvalue weighted by Crippen LogP contribution is 2.28. The average Bonchev–Trinajstić information content (AvgIpc) is 3.04. The van der Waals surface area contributed by atoms with Crippen LogP contribution in [0.15, 0.2) is 30.6 Å². The molecule has 0 saturated carbocycles. The zero-order valence-electron chi connectivity index (χ0n) is 13.9. The van der Waals surface area contributed by atoms with Gasteiger partial charge in [0.15, 0.2) is 0 Å². The van der Waals surface area contributed by atoms with E-state index in [-0.39, 0.29) is 5.69 Å². The minimum Gasteiger partial charge on any atom is -0.369 e. The summed E-state index contributed by atoms with van der Waals surface area (Å²) in [6, 6.07) is 4.63. The number of carbonyl (C=O) groups is 2. The van der Waals surface area contributed by atoms with Crippen LogP contribution < -0.4 is 16.0 Å². The van der Waals surface area contributed by atoms with Crippen LogP contribution in [0.3, 0.4) is 0 Å². The van der Waals surface area contributed by atoms with E-state index in [1.807, 2.05) is 0 Å². The van der Waals surface area contributed by atoms with Gasteiger partial charge in [0.05, 0.1) is 12.2 Å². The van der Waals surface area contributed by atoms with Crippen molar-refractivity contribution in [2.45, 2.75) is 19.4 Å². The molecule has 3 N–H and O–H groups in total. The van der Waals surface area contributed by atoms with Crippen molar-refractivity contribution >= 4 is 17.5 Å². The topological polar surface area (TPSA) is 93.2 Å². The van der Waals surface area contributed by atoms with Crippen LogP contribution in [0.5, 0.6) is 0 Å². The molecular formula is C17H20FN5O2. The number of halogens is 1. The van der Waals surface area contributed by atoms with Crippen LogP contribution in [0, 0.1) is 11.7 Å². The minimum absolute atomic E-state index is 0.162. The zero-order chi connectivity index (χ0) is 18.0. The smallest absolute Gasteiger partial charge is 0.239 e. The third kappa shape index (κ3) is 3.25. The Morgan fingerprint density at radius 2 is 2.28 bits per heavy atom. The predicted octanol–water partition coefficient (Wildman–Crippen LogP) is 0.959. The number of carbonyl (C=O) groups excluding carboxylic acids is 2. The highest BCUT2D eigenvalue weighted by Gasteiger charge is 2.34. The molecule has 0 spiro atoms. The van der Waals surface area contributed by atoms with Crippen molar-refractivity contribution < 1.29 is 14.0 Å². The Kier molecular flexibility index (Phi) is 4.80. The van der Waals surface area contributed by atoms with Crippen LogP contribution in [0.2, 0.25) is 0 Å². The maximum absolute atomic E-state index is 14.7. The van der Waals surface area contributed by atoms with E-state index in [0.29, 0.717) is 31.6 Å². The van der Waals surface area contributed by atoms with Gasteiger partial charge in [0.1, 0.15) is 17.6 Å². The number of benzene rings is 1. The fourth-order valence-electron chi connectivity index (χ4n) is 3.10. The summed E-state index contributed by atoms with van der Waals surface area (Å²) in [4.78, 5) is 29.3. The van der Waals surface area contributed by atoms with E-state index in [4.69, 9.17) is 5.73 Å². The molecule has 1 atom stereocenters. The molecule has 1 aliphatic heterocycles. The quantitative estimate of drug-likeness (QED) is 0.790. The van der Waals surface area contributed by atoms with Crippen molar-refractivity contribution in [1.82, 2.24) is 14.9 Å². The number of imidazole rings is 1. The lowest BCUT2D eigenvalue weighted by molar-refractivity contribution is -0.133. The van der Waals surface area contributed by atoms with Gasteiger partial charge in [-0.05, 0) is 32.0 Å². The molecule has 1 fully saturated rings. The normalized spacial score (nSPS) is 17.8. The summed E-state index contributed by atoms with van der Waals surface area (Å²) in [5.41, 5.74) is 6.05. The van der Waals surface area contributed by atoms with E-state index in [9.17, 15) is 14.0 Å². The van der Waals surface area contributed by atoms with Crippen LogP contribution >= 0.6 is 0 Å². The Hall–Kier alpha value is -2.74. The van der Waals surface area contributed by atoms with Gasteiger partial charge in [0.2, 0.25) is 11.8 Å². The second-order valence-electron chi connectivity index (χ2n) is 5.97. The lowest BCUT2D eigenvalue weighted by Gasteiger charge is -2.31. The summed E-state index contributed by atoms with van der Waals surface area (Å²) < 4.78 is 16.5. The number of anilines is 1. The summed E-state index contributed by atoms with van der Waals surface area (Å²) in [6.45, 7) is 0.913. The Labute approximate surface area is 144 Å². The highest BCUT2D eigenvalue weighted by molar-refractivity contribution is 6.07. The number of rotatable bonds is 5. The van der Waals surface area contributed by atoms with E-state index in [1.165, 1.54) is 11.0 Å². The summed E-state index contributed by atoms with van der Waals surface area (Å²) in [5, 5.41) is 3.01. The number of hydrogen-bond donors (Lipinski definition) is 2. The van der Waals surface area contributed by atoms with Crippen LogP contribution in [-0.4, -0.2) is 35.0 Å². The highest BCUT2D eigenvalue weighted by atomic mass is 19.1. The van der Waals surface area contributed by atoms with Crippen LogP contribution in [0.1, 0.15) is 18.7 Å². The average molecular weight is 345 g/mol. The second kappa shape index (κ2) is 7.02. The number of amides is 2. The van der Waals surface area contributed by atoms with Crippen molar-refractivity contribution in [1.29, 1.82) is 0 Å². The van der Waals surface area contributed by atoms with E-state index in [1.54, 1.807) is 36.1 Å². The van der Waals surface area contributed by atoms with E-state index in [2.05, 4.69) is 10.3 Å². The summed E-state index contributed by atoms with van der Waals surface area (Å²) in [5.74, 6) is -1.77. The Morgan fingerprint density at radius 3 is 2.96 bits per heavy atom. The monoisotopic (exact) mass is 345 g/mol. The van der Waals surface area contributed by atoms with Crippen molar-refractivity contribution in [3.63, 3.8) is 0 Å². The zero-order valence-corrected chi connectivity index (χ0v) is 13.9. The number of aromatic nitrogens is 2. The van der Waals surface area contributed by atoms with Gasteiger partial charge in [-0.25, -0.2) is 9.37 Å². The summed E-state index contributed by atoms with van der Waals surface area (Å²) in [6.07, 6.45) is 4.40. The lowest BCUT2D eigenvalue weighted by atomic mass is 9.96. The van der Waals surface area contributed by atoms with E-state index >= 15 is 0 Å². The van der Waals surface area contributed by atoms with Crippen LogP contribution in [0.25, 0.3) is 5.69 Å². The number of nitrogens with one attached hydrogen (secondary N) is 1. The first-order chi connectivity index (χ1) is 12.0. The molecule has 1 aromatic carbocycles. The Morgan fingerprint density at radius 1 is 1.48 bits per heavy atom. The SMILES string of the molecule is CNCc1nccn1-c1ccc(N2CCCC(C(N)=O)C2=O)c(F)c1. The first-order valence-electron chi connectivity index (χ1n) is 8.10. The van der Waals surface area contributed by atoms with Gasteiger partial charge in [-0.15, -0.1) is 0 Å². The second-order valence-corrected chi connectivity index (χ2v) is 5.97. The van der Waals surface area contributed by atoms with E-state index < -0.39 is 23.5 Å². The van der Waals surface area contributed by atoms with Crippen molar-refractivity contribution in [3.8, 4) is 5.69 Å². The van der Waals surface area contributed by atoms with Gasteiger partial charge in [-0.3, -0.25) is 9.59 Å². The molecule has 2 amide bonds. The summed E-state index contributed by atoms with van der Waals surface area (Å²) in [7, 11) is 1.81. The summed E-state index contributed by atoms with van der Waals surface area (Å²) >= 11 is 0. The molecule has 2 heterocycles. The van der Waals surface area contributed by atoms with Gasteiger partial charge in [-0.2, -0.15) is 0 Å². The first-order valence-corrected chi connectivity index (χ1v) is 8.10. The number of hydrogen-bond acceptors (Lipinski definition) is 4. The lowest BCUT2D eigenvalue weighted by Crippen LogP contribution is -2.46. The maximum Gasteiger partial charge on any atom is 0.239 e. The third-order valence-electron chi connectivity index (χ3n) is 4.33. The molecule has 3 rings (SSSR count). The molecule has 0 bridgehead atoms. The largest absolute Gasteiger partial charge is 0.369 e.